The van der Waals surface area contributed by atoms with Crippen LogP contribution < -0.4 is 10.6 Å². The van der Waals surface area contributed by atoms with E-state index in [2.05, 4.69) is 54.0 Å². The number of hydrogen-bond acceptors (Lipinski definition) is 2. The lowest BCUT2D eigenvalue weighted by molar-refractivity contribution is 0.153. The van der Waals surface area contributed by atoms with Gasteiger partial charge in [0, 0.05) is 18.5 Å². The topological polar surface area (TPSA) is 45.7 Å². The van der Waals surface area contributed by atoms with Crippen LogP contribution in [0.2, 0.25) is 0 Å². The standard InChI is InChI=1S/C22H33N3O.HI/c1-2-23-21(24-15-10-19-11-16-26-17-12-19)25-18-22(13-6-7-14-22)20-8-4-3-5-9-20;/h3-5,8-9,11H,2,6-7,10,12-18H2,1H3,(H2,23,24,25);1H. The maximum absolute atomic E-state index is 5.38. The minimum atomic E-state index is 0. The van der Waals surface area contributed by atoms with Crippen LogP contribution in [-0.2, 0) is 10.2 Å². The Labute approximate surface area is 181 Å². The van der Waals surface area contributed by atoms with Gasteiger partial charge in [-0.2, -0.15) is 0 Å². The Kier molecular flexibility index (Phi) is 9.62. The van der Waals surface area contributed by atoms with Crippen LogP contribution in [0, 0.1) is 0 Å². The highest BCUT2D eigenvalue weighted by atomic mass is 127. The first-order valence-corrected chi connectivity index (χ1v) is 10.2. The van der Waals surface area contributed by atoms with E-state index in [1.165, 1.54) is 36.8 Å². The van der Waals surface area contributed by atoms with E-state index in [9.17, 15) is 0 Å². The molecule has 2 aliphatic rings. The molecule has 1 saturated carbocycles. The summed E-state index contributed by atoms with van der Waals surface area (Å²) in [6, 6.07) is 11.0. The minimum Gasteiger partial charge on any atom is -0.377 e. The van der Waals surface area contributed by atoms with E-state index in [1.54, 1.807) is 0 Å². The van der Waals surface area contributed by atoms with Gasteiger partial charge in [-0.1, -0.05) is 54.8 Å². The highest BCUT2D eigenvalue weighted by Gasteiger charge is 2.35. The molecule has 1 heterocycles. The van der Waals surface area contributed by atoms with Crippen LogP contribution in [0.1, 0.15) is 51.0 Å². The van der Waals surface area contributed by atoms with Gasteiger partial charge in [-0.3, -0.25) is 4.99 Å². The number of nitrogens with zero attached hydrogens (tertiary/aromatic N) is 1. The van der Waals surface area contributed by atoms with Crippen molar-refractivity contribution in [2.45, 2.75) is 50.9 Å². The third-order valence-corrected chi connectivity index (χ3v) is 5.63. The van der Waals surface area contributed by atoms with Gasteiger partial charge in [-0.25, -0.2) is 0 Å². The molecule has 1 aromatic carbocycles. The van der Waals surface area contributed by atoms with Gasteiger partial charge in [0.15, 0.2) is 5.96 Å². The van der Waals surface area contributed by atoms with E-state index >= 15 is 0 Å². The number of aliphatic imine (C=N–C) groups is 1. The third-order valence-electron chi connectivity index (χ3n) is 5.63. The van der Waals surface area contributed by atoms with Gasteiger partial charge in [0.05, 0.1) is 19.8 Å². The molecule has 0 spiro atoms. The van der Waals surface area contributed by atoms with Gasteiger partial charge >= 0.3 is 0 Å². The van der Waals surface area contributed by atoms with Crippen molar-refractivity contribution in [1.29, 1.82) is 0 Å². The number of ether oxygens (including phenoxy) is 1. The van der Waals surface area contributed by atoms with Gasteiger partial charge in [0.25, 0.3) is 0 Å². The molecular formula is C22H34IN3O. The van der Waals surface area contributed by atoms with Gasteiger partial charge < -0.3 is 15.4 Å². The first-order chi connectivity index (χ1) is 12.8. The van der Waals surface area contributed by atoms with Crippen molar-refractivity contribution in [3.63, 3.8) is 0 Å². The van der Waals surface area contributed by atoms with Crippen LogP contribution in [0.3, 0.4) is 0 Å². The number of halogens is 1. The summed E-state index contributed by atoms with van der Waals surface area (Å²) in [5, 5.41) is 6.93. The van der Waals surface area contributed by atoms with Crippen LogP contribution in [-0.4, -0.2) is 38.8 Å². The van der Waals surface area contributed by atoms with Crippen molar-refractivity contribution < 1.29 is 4.74 Å². The van der Waals surface area contributed by atoms with Crippen molar-refractivity contribution >= 4 is 29.9 Å². The summed E-state index contributed by atoms with van der Waals surface area (Å²) in [6.07, 6.45) is 9.46. The number of rotatable bonds is 7. The van der Waals surface area contributed by atoms with E-state index in [0.717, 1.165) is 51.6 Å². The maximum atomic E-state index is 5.38. The second-order valence-electron chi connectivity index (χ2n) is 7.41. The molecule has 0 aromatic heterocycles. The van der Waals surface area contributed by atoms with Gasteiger partial charge in [0.1, 0.15) is 0 Å². The van der Waals surface area contributed by atoms with Crippen LogP contribution in [0.4, 0.5) is 0 Å². The Morgan fingerprint density at radius 3 is 2.59 bits per heavy atom. The van der Waals surface area contributed by atoms with Crippen LogP contribution in [0.15, 0.2) is 47.0 Å². The molecule has 0 bridgehead atoms. The SMILES string of the molecule is CCNC(=NCC1(c2ccccc2)CCCC1)NCCC1=CCOCC1.I. The summed E-state index contributed by atoms with van der Waals surface area (Å²) in [5.74, 6) is 0.947. The molecule has 0 amide bonds. The molecular weight excluding hydrogens is 449 g/mol. The molecule has 2 N–H and O–H groups in total. The molecule has 0 atom stereocenters. The minimum absolute atomic E-state index is 0. The summed E-state index contributed by atoms with van der Waals surface area (Å²) in [5.41, 5.74) is 3.16. The molecule has 150 valence electrons. The number of guanidine groups is 1. The molecule has 1 aromatic rings. The maximum Gasteiger partial charge on any atom is 0.191 e. The molecule has 1 aliphatic carbocycles. The molecule has 0 radical (unpaired) electrons. The monoisotopic (exact) mass is 483 g/mol. The highest BCUT2D eigenvalue weighted by Crippen LogP contribution is 2.41. The first-order valence-electron chi connectivity index (χ1n) is 10.2. The van der Waals surface area contributed by atoms with Gasteiger partial charge in [0.2, 0.25) is 0 Å². The zero-order valence-electron chi connectivity index (χ0n) is 16.5. The lowest BCUT2D eigenvalue weighted by atomic mass is 9.79. The second kappa shape index (κ2) is 11.7. The third kappa shape index (κ3) is 6.49. The van der Waals surface area contributed by atoms with E-state index < -0.39 is 0 Å². The molecule has 1 aliphatic heterocycles. The zero-order chi connectivity index (χ0) is 18.1. The summed E-state index contributed by atoms with van der Waals surface area (Å²) >= 11 is 0. The second-order valence-corrected chi connectivity index (χ2v) is 7.41. The van der Waals surface area contributed by atoms with Crippen LogP contribution >= 0.6 is 24.0 Å². The van der Waals surface area contributed by atoms with Crippen molar-refractivity contribution in [3.05, 3.63) is 47.5 Å². The number of nitrogens with one attached hydrogen (secondary N) is 2. The van der Waals surface area contributed by atoms with E-state index in [4.69, 9.17) is 9.73 Å². The van der Waals surface area contributed by atoms with Crippen molar-refractivity contribution in [1.82, 2.24) is 10.6 Å². The lowest BCUT2D eigenvalue weighted by Gasteiger charge is -2.28. The van der Waals surface area contributed by atoms with E-state index in [0.29, 0.717) is 0 Å². The lowest BCUT2D eigenvalue weighted by Crippen LogP contribution is -2.39. The molecule has 0 saturated heterocycles. The van der Waals surface area contributed by atoms with E-state index in [1.807, 2.05) is 0 Å². The quantitative estimate of drug-likeness (QED) is 0.262. The predicted molar refractivity (Wildman–Crippen MR) is 124 cm³/mol. The molecule has 1 fully saturated rings. The number of benzene rings is 1. The average Bonchev–Trinajstić information content (AvgIpc) is 3.18. The first kappa shape index (κ1) is 22.2. The molecule has 27 heavy (non-hydrogen) atoms. The zero-order valence-corrected chi connectivity index (χ0v) is 18.8. The highest BCUT2D eigenvalue weighted by molar-refractivity contribution is 14.0. The fourth-order valence-corrected chi connectivity index (χ4v) is 4.09. The summed E-state index contributed by atoms with van der Waals surface area (Å²) < 4.78 is 5.38. The summed E-state index contributed by atoms with van der Waals surface area (Å²) in [6.45, 7) is 6.43. The Balaban J connectivity index is 0.00000261. The Bertz CT molecular complexity index is 609. The Morgan fingerprint density at radius 2 is 1.93 bits per heavy atom. The smallest absolute Gasteiger partial charge is 0.191 e. The largest absolute Gasteiger partial charge is 0.377 e. The predicted octanol–water partition coefficient (Wildman–Crippen LogP) is 4.41. The fraction of sp³-hybridized carbons (Fsp3) is 0.591. The van der Waals surface area contributed by atoms with Gasteiger partial charge in [-0.05, 0) is 38.2 Å². The van der Waals surface area contributed by atoms with Crippen LogP contribution in [0.25, 0.3) is 0 Å². The molecule has 0 unspecified atom stereocenters. The fourth-order valence-electron chi connectivity index (χ4n) is 4.09. The number of hydrogen-bond donors (Lipinski definition) is 2. The van der Waals surface area contributed by atoms with Crippen LogP contribution in [0.5, 0.6) is 0 Å². The molecule has 3 rings (SSSR count). The van der Waals surface area contributed by atoms with Crippen molar-refractivity contribution in [3.8, 4) is 0 Å². The summed E-state index contributed by atoms with van der Waals surface area (Å²) in [4.78, 5) is 4.98. The normalized spacial score (nSPS) is 19.1. The Morgan fingerprint density at radius 1 is 1.15 bits per heavy atom. The summed E-state index contributed by atoms with van der Waals surface area (Å²) in [7, 11) is 0. The van der Waals surface area contributed by atoms with E-state index in [-0.39, 0.29) is 29.4 Å². The van der Waals surface area contributed by atoms with Crippen molar-refractivity contribution in [2.24, 2.45) is 4.99 Å². The Hall–Kier alpha value is -1.08. The van der Waals surface area contributed by atoms with Gasteiger partial charge in [-0.15, -0.1) is 24.0 Å². The average molecular weight is 483 g/mol. The van der Waals surface area contributed by atoms with Crippen molar-refractivity contribution in [2.75, 3.05) is 32.8 Å². The molecule has 4 nitrogen and oxygen atoms in total. The molecule has 5 heteroatoms.